The molecule has 0 radical (unpaired) electrons. The van der Waals surface area contributed by atoms with Gasteiger partial charge in [0.25, 0.3) is 0 Å². The van der Waals surface area contributed by atoms with E-state index >= 15 is 0 Å². The molecule has 0 saturated heterocycles. The van der Waals surface area contributed by atoms with E-state index in [0.717, 1.165) is 11.0 Å². The Morgan fingerprint density at radius 2 is 1.85 bits per heavy atom. The summed E-state index contributed by atoms with van der Waals surface area (Å²) in [6.07, 6.45) is 0.419. The summed E-state index contributed by atoms with van der Waals surface area (Å²) >= 11 is 0. The summed E-state index contributed by atoms with van der Waals surface area (Å²) in [5, 5.41) is 5.75. The number of carbonyl (C=O) groups excluding carboxylic acids is 1. The van der Waals surface area contributed by atoms with Crippen molar-refractivity contribution in [3.8, 4) is 0 Å². The molecule has 6 nitrogen and oxygen atoms in total. The molecule has 1 amide bonds. The maximum atomic E-state index is 11.8. The molecule has 0 aliphatic rings. The van der Waals surface area contributed by atoms with Crippen LogP contribution in [0, 0.1) is 0 Å². The van der Waals surface area contributed by atoms with Crippen molar-refractivity contribution in [3.05, 3.63) is 28.7 Å². The van der Waals surface area contributed by atoms with Gasteiger partial charge in [0, 0.05) is 32.7 Å². The predicted octanol–water partition coefficient (Wildman–Crippen LogP) is 0.847. The number of rotatable bonds is 4. The van der Waals surface area contributed by atoms with Gasteiger partial charge in [-0.1, -0.05) is 0 Å². The maximum Gasteiger partial charge on any atom is 0.328 e. The minimum atomic E-state index is -0.0753. The Morgan fingerprint density at radius 3 is 2.50 bits per heavy atom. The molecule has 2 rings (SSSR count). The number of nitrogens with zero attached hydrogens (tertiary/aromatic N) is 2. The van der Waals surface area contributed by atoms with E-state index < -0.39 is 0 Å². The monoisotopic (exact) mass is 298 g/mol. The highest BCUT2D eigenvalue weighted by molar-refractivity contribution is 5.93. The van der Waals surface area contributed by atoms with Crippen molar-refractivity contribution in [2.75, 3.05) is 18.9 Å². The van der Waals surface area contributed by atoms with E-state index in [2.05, 4.69) is 10.6 Å². The van der Waals surface area contributed by atoms with Gasteiger partial charge in [0.2, 0.25) is 5.91 Å². The Morgan fingerprint density at radius 1 is 1.20 bits per heavy atom. The van der Waals surface area contributed by atoms with Gasteiger partial charge in [-0.3, -0.25) is 13.9 Å². The first-order valence-corrected chi connectivity index (χ1v) is 6.14. The molecular formula is C13H19ClN4O2. The highest BCUT2D eigenvalue weighted by Crippen LogP contribution is 2.17. The van der Waals surface area contributed by atoms with Crippen LogP contribution in [-0.2, 0) is 18.9 Å². The van der Waals surface area contributed by atoms with Crippen LogP contribution in [0.3, 0.4) is 0 Å². The van der Waals surface area contributed by atoms with Gasteiger partial charge in [0.15, 0.2) is 0 Å². The highest BCUT2D eigenvalue weighted by Gasteiger charge is 2.09. The summed E-state index contributed by atoms with van der Waals surface area (Å²) in [6, 6.07) is 5.46. The summed E-state index contributed by atoms with van der Waals surface area (Å²) in [5.41, 5.74) is 2.28. The molecular weight excluding hydrogens is 280 g/mol. The van der Waals surface area contributed by atoms with Gasteiger partial charge in [-0.15, -0.1) is 12.4 Å². The number of imidazole rings is 1. The van der Waals surface area contributed by atoms with Crippen LogP contribution in [-0.4, -0.2) is 28.6 Å². The lowest BCUT2D eigenvalue weighted by atomic mass is 10.2. The zero-order valence-electron chi connectivity index (χ0n) is 11.8. The van der Waals surface area contributed by atoms with Crippen molar-refractivity contribution in [1.82, 2.24) is 14.5 Å². The van der Waals surface area contributed by atoms with E-state index in [1.807, 2.05) is 12.1 Å². The molecule has 0 aliphatic carbocycles. The summed E-state index contributed by atoms with van der Waals surface area (Å²) < 4.78 is 3.15. The van der Waals surface area contributed by atoms with Gasteiger partial charge >= 0.3 is 5.69 Å². The first-order chi connectivity index (χ1) is 9.04. The molecule has 1 heterocycles. The van der Waals surface area contributed by atoms with E-state index in [-0.39, 0.29) is 24.0 Å². The van der Waals surface area contributed by atoms with Crippen molar-refractivity contribution >= 4 is 35.0 Å². The summed E-state index contributed by atoms with van der Waals surface area (Å²) in [7, 11) is 5.26. The fourth-order valence-electron chi connectivity index (χ4n) is 2.05. The Kier molecular flexibility index (Phi) is 5.35. The fourth-order valence-corrected chi connectivity index (χ4v) is 2.05. The number of hydrogen-bond donors (Lipinski definition) is 2. The second-order valence-electron chi connectivity index (χ2n) is 4.51. The van der Waals surface area contributed by atoms with Gasteiger partial charge in [0.05, 0.1) is 11.0 Å². The van der Waals surface area contributed by atoms with Crippen LogP contribution in [0.25, 0.3) is 11.0 Å². The molecule has 0 aliphatic heterocycles. The normalized spacial score (nSPS) is 10.3. The second-order valence-corrected chi connectivity index (χ2v) is 4.51. The van der Waals surface area contributed by atoms with Crippen LogP contribution in [0.15, 0.2) is 23.0 Å². The van der Waals surface area contributed by atoms with Crippen LogP contribution in [0.2, 0.25) is 0 Å². The summed E-state index contributed by atoms with van der Waals surface area (Å²) in [4.78, 5) is 23.4. The van der Waals surface area contributed by atoms with E-state index in [9.17, 15) is 9.59 Å². The molecule has 0 spiro atoms. The number of benzene rings is 1. The Balaban J connectivity index is 0.00000200. The minimum Gasteiger partial charge on any atom is -0.326 e. The standard InChI is InChI=1S/C13H18N4O2.ClH/c1-14-7-6-12(18)15-9-4-5-10-11(8-9)17(3)13(19)16(10)2;/h4-5,8,14H,6-7H2,1-3H3,(H,15,18);1H. The van der Waals surface area contributed by atoms with Crippen LogP contribution in [0.5, 0.6) is 0 Å². The maximum absolute atomic E-state index is 11.8. The summed E-state index contributed by atoms with van der Waals surface area (Å²) in [5.74, 6) is -0.0466. The van der Waals surface area contributed by atoms with Crippen molar-refractivity contribution in [3.63, 3.8) is 0 Å². The average molecular weight is 299 g/mol. The van der Waals surface area contributed by atoms with E-state index in [1.54, 1.807) is 36.3 Å². The Bertz CT molecular complexity index is 675. The van der Waals surface area contributed by atoms with Crippen molar-refractivity contribution in [2.24, 2.45) is 14.1 Å². The van der Waals surface area contributed by atoms with Gasteiger partial charge in [-0.25, -0.2) is 4.79 Å². The van der Waals surface area contributed by atoms with Gasteiger partial charge in [-0.2, -0.15) is 0 Å². The molecule has 2 N–H and O–H groups in total. The summed E-state index contributed by atoms with van der Waals surface area (Å²) in [6.45, 7) is 0.637. The van der Waals surface area contributed by atoms with Gasteiger partial charge in [-0.05, 0) is 25.2 Å². The molecule has 0 saturated carbocycles. The Hall–Kier alpha value is -1.79. The van der Waals surface area contributed by atoms with Gasteiger partial charge < -0.3 is 10.6 Å². The van der Waals surface area contributed by atoms with E-state index in [1.165, 1.54) is 0 Å². The molecule has 0 fully saturated rings. The number of hydrogen-bond acceptors (Lipinski definition) is 3. The molecule has 0 unspecified atom stereocenters. The third kappa shape index (κ3) is 3.02. The fraction of sp³-hybridized carbons (Fsp3) is 0.385. The number of fused-ring (bicyclic) bond motifs is 1. The molecule has 2 aromatic rings. The number of aromatic nitrogens is 2. The van der Waals surface area contributed by atoms with Crippen molar-refractivity contribution in [1.29, 1.82) is 0 Å². The molecule has 0 bridgehead atoms. The average Bonchev–Trinajstić information content (AvgIpc) is 2.61. The van der Waals surface area contributed by atoms with Crippen LogP contribution in [0.4, 0.5) is 5.69 Å². The predicted molar refractivity (Wildman–Crippen MR) is 82.6 cm³/mol. The minimum absolute atomic E-state index is 0. The molecule has 110 valence electrons. The van der Waals surface area contributed by atoms with Crippen LogP contribution in [0.1, 0.15) is 6.42 Å². The van der Waals surface area contributed by atoms with Crippen LogP contribution >= 0.6 is 12.4 Å². The number of anilines is 1. The zero-order valence-corrected chi connectivity index (χ0v) is 12.6. The number of halogens is 1. The third-order valence-electron chi connectivity index (χ3n) is 3.16. The number of amides is 1. The molecule has 20 heavy (non-hydrogen) atoms. The zero-order chi connectivity index (χ0) is 14.0. The highest BCUT2D eigenvalue weighted by atomic mass is 35.5. The first kappa shape index (κ1) is 16.3. The largest absolute Gasteiger partial charge is 0.328 e. The molecule has 7 heteroatoms. The smallest absolute Gasteiger partial charge is 0.326 e. The molecule has 1 aromatic carbocycles. The lowest BCUT2D eigenvalue weighted by Gasteiger charge is -2.05. The second kappa shape index (κ2) is 6.58. The van der Waals surface area contributed by atoms with Gasteiger partial charge in [0.1, 0.15) is 0 Å². The van der Waals surface area contributed by atoms with Crippen molar-refractivity contribution < 1.29 is 4.79 Å². The number of carbonyl (C=O) groups is 1. The topological polar surface area (TPSA) is 68.1 Å². The SMILES string of the molecule is CNCCC(=O)Nc1ccc2c(c1)n(C)c(=O)n2C.Cl. The lowest BCUT2D eigenvalue weighted by Crippen LogP contribution is -2.19. The Labute approximate surface area is 123 Å². The van der Waals surface area contributed by atoms with E-state index in [0.29, 0.717) is 18.7 Å². The molecule has 1 aromatic heterocycles. The van der Waals surface area contributed by atoms with Crippen LogP contribution < -0.4 is 16.3 Å². The number of aryl methyl sites for hydroxylation is 2. The number of nitrogens with one attached hydrogen (secondary N) is 2. The lowest BCUT2D eigenvalue weighted by molar-refractivity contribution is -0.116. The molecule has 0 atom stereocenters. The van der Waals surface area contributed by atoms with E-state index in [4.69, 9.17) is 0 Å². The quantitative estimate of drug-likeness (QED) is 0.879. The first-order valence-electron chi connectivity index (χ1n) is 6.14. The third-order valence-corrected chi connectivity index (χ3v) is 3.16. The van der Waals surface area contributed by atoms with Crippen molar-refractivity contribution in [2.45, 2.75) is 6.42 Å².